The van der Waals surface area contributed by atoms with Crippen LogP contribution < -0.4 is 5.32 Å². The Bertz CT molecular complexity index is 398. The fraction of sp³-hybridized carbons (Fsp3) is 0.417. The molecule has 0 amide bonds. The van der Waals surface area contributed by atoms with Crippen molar-refractivity contribution in [2.24, 2.45) is 5.92 Å². The molecule has 0 saturated carbocycles. The van der Waals surface area contributed by atoms with Crippen molar-refractivity contribution >= 4 is 35.0 Å². The lowest BCUT2D eigenvalue weighted by Crippen LogP contribution is -2.15. The van der Waals surface area contributed by atoms with Crippen LogP contribution in [0.25, 0.3) is 0 Å². The molecule has 5 heteroatoms. The number of benzene rings is 1. The molecule has 1 atom stereocenters. The van der Waals surface area contributed by atoms with E-state index in [0.717, 1.165) is 12.3 Å². The SMILES string of the molecule is CSCC(C)CNc1ccc(Cl)cc1C(=O)O. The van der Waals surface area contributed by atoms with Gasteiger partial charge in [-0.2, -0.15) is 11.8 Å². The Morgan fingerprint density at radius 1 is 1.59 bits per heavy atom. The minimum Gasteiger partial charge on any atom is -0.478 e. The Hall–Kier alpha value is -0.870. The minimum atomic E-state index is -0.965. The third kappa shape index (κ3) is 4.48. The van der Waals surface area contributed by atoms with Crippen LogP contribution in [0.1, 0.15) is 17.3 Å². The zero-order valence-electron chi connectivity index (χ0n) is 9.87. The second kappa shape index (κ2) is 6.77. The number of hydrogen-bond acceptors (Lipinski definition) is 3. The summed E-state index contributed by atoms with van der Waals surface area (Å²) in [7, 11) is 0. The lowest BCUT2D eigenvalue weighted by Gasteiger charge is -2.14. The highest BCUT2D eigenvalue weighted by Crippen LogP contribution is 2.21. The number of halogens is 1. The van der Waals surface area contributed by atoms with Crippen LogP contribution >= 0.6 is 23.4 Å². The van der Waals surface area contributed by atoms with E-state index in [0.29, 0.717) is 16.6 Å². The van der Waals surface area contributed by atoms with Gasteiger partial charge in [-0.25, -0.2) is 4.79 Å². The molecule has 17 heavy (non-hydrogen) atoms. The summed E-state index contributed by atoms with van der Waals surface area (Å²) in [6.45, 7) is 2.88. The maximum atomic E-state index is 11.0. The Morgan fingerprint density at radius 2 is 2.29 bits per heavy atom. The molecule has 0 radical (unpaired) electrons. The quantitative estimate of drug-likeness (QED) is 0.833. The van der Waals surface area contributed by atoms with Gasteiger partial charge in [-0.15, -0.1) is 0 Å². The van der Waals surface area contributed by atoms with Crippen molar-refractivity contribution in [2.75, 3.05) is 23.9 Å². The van der Waals surface area contributed by atoms with Crippen molar-refractivity contribution in [3.63, 3.8) is 0 Å². The maximum Gasteiger partial charge on any atom is 0.337 e. The summed E-state index contributed by atoms with van der Waals surface area (Å²) < 4.78 is 0. The zero-order chi connectivity index (χ0) is 12.8. The number of hydrogen-bond donors (Lipinski definition) is 2. The molecule has 0 saturated heterocycles. The van der Waals surface area contributed by atoms with E-state index in [9.17, 15) is 4.79 Å². The zero-order valence-corrected chi connectivity index (χ0v) is 11.4. The fourth-order valence-electron chi connectivity index (χ4n) is 1.48. The largest absolute Gasteiger partial charge is 0.478 e. The van der Waals surface area contributed by atoms with E-state index in [-0.39, 0.29) is 5.56 Å². The minimum absolute atomic E-state index is 0.217. The molecule has 3 nitrogen and oxygen atoms in total. The molecular formula is C12H16ClNO2S. The molecule has 0 aliphatic carbocycles. The fourth-order valence-corrected chi connectivity index (χ4v) is 2.33. The average Bonchev–Trinajstić information content (AvgIpc) is 2.27. The van der Waals surface area contributed by atoms with Gasteiger partial charge in [0, 0.05) is 17.3 Å². The van der Waals surface area contributed by atoms with Crippen molar-refractivity contribution in [2.45, 2.75) is 6.92 Å². The summed E-state index contributed by atoms with van der Waals surface area (Å²) in [6.07, 6.45) is 2.06. The standard InChI is InChI=1S/C12H16ClNO2S/c1-8(7-17-2)6-14-11-4-3-9(13)5-10(11)12(15)16/h3-5,8,14H,6-7H2,1-2H3,(H,15,16). The smallest absolute Gasteiger partial charge is 0.337 e. The summed E-state index contributed by atoms with van der Waals surface area (Å²) in [5, 5.41) is 12.6. The lowest BCUT2D eigenvalue weighted by atomic mass is 10.1. The van der Waals surface area contributed by atoms with Crippen LogP contribution in [0.5, 0.6) is 0 Å². The molecule has 0 heterocycles. The van der Waals surface area contributed by atoms with E-state index in [4.69, 9.17) is 16.7 Å². The van der Waals surface area contributed by atoms with Crippen LogP contribution in [0.4, 0.5) is 5.69 Å². The lowest BCUT2D eigenvalue weighted by molar-refractivity contribution is 0.0698. The third-order valence-corrected chi connectivity index (χ3v) is 3.44. The maximum absolute atomic E-state index is 11.0. The highest BCUT2D eigenvalue weighted by atomic mass is 35.5. The Kier molecular flexibility index (Phi) is 5.65. The predicted molar refractivity (Wildman–Crippen MR) is 74.4 cm³/mol. The third-order valence-electron chi connectivity index (χ3n) is 2.30. The van der Waals surface area contributed by atoms with Crippen molar-refractivity contribution < 1.29 is 9.90 Å². The molecular weight excluding hydrogens is 258 g/mol. The van der Waals surface area contributed by atoms with Crippen molar-refractivity contribution in [1.82, 2.24) is 0 Å². The molecule has 0 aliphatic heterocycles. The molecule has 1 aromatic carbocycles. The number of aromatic carboxylic acids is 1. The van der Waals surface area contributed by atoms with Crippen LogP contribution in [0.3, 0.4) is 0 Å². The number of carbonyl (C=O) groups is 1. The number of thioether (sulfide) groups is 1. The van der Waals surface area contributed by atoms with Crippen LogP contribution in [0.2, 0.25) is 5.02 Å². The number of carboxylic acids is 1. The molecule has 2 N–H and O–H groups in total. The molecule has 0 bridgehead atoms. The predicted octanol–water partition coefficient (Wildman–Crippen LogP) is 3.45. The van der Waals surface area contributed by atoms with Gasteiger partial charge in [0.15, 0.2) is 0 Å². The number of anilines is 1. The summed E-state index contributed by atoms with van der Waals surface area (Å²) >= 11 is 7.56. The summed E-state index contributed by atoms with van der Waals surface area (Å²) in [4.78, 5) is 11.0. The molecule has 0 spiro atoms. The van der Waals surface area contributed by atoms with E-state index in [1.165, 1.54) is 6.07 Å². The summed E-state index contributed by atoms with van der Waals surface area (Å²) in [5.41, 5.74) is 0.837. The van der Waals surface area contributed by atoms with Gasteiger partial charge in [-0.1, -0.05) is 18.5 Å². The van der Waals surface area contributed by atoms with E-state index in [1.807, 2.05) is 0 Å². The molecule has 1 rings (SSSR count). The summed E-state index contributed by atoms with van der Waals surface area (Å²) in [5.74, 6) is 0.568. The molecule has 0 fully saturated rings. The van der Waals surface area contributed by atoms with E-state index in [2.05, 4.69) is 18.5 Å². The van der Waals surface area contributed by atoms with Gasteiger partial charge in [0.1, 0.15) is 0 Å². The molecule has 0 aliphatic rings. The van der Waals surface area contributed by atoms with Gasteiger partial charge in [0.2, 0.25) is 0 Å². The van der Waals surface area contributed by atoms with Crippen molar-refractivity contribution in [1.29, 1.82) is 0 Å². The number of carboxylic acid groups (broad SMARTS) is 1. The normalized spacial score (nSPS) is 12.2. The van der Waals surface area contributed by atoms with Crippen LogP contribution in [0.15, 0.2) is 18.2 Å². The van der Waals surface area contributed by atoms with Gasteiger partial charge in [0.25, 0.3) is 0 Å². The van der Waals surface area contributed by atoms with Gasteiger partial charge >= 0.3 is 5.97 Å². The monoisotopic (exact) mass is 273 g/mol. The average molecular weight is 274 g/mol. The molecule has 94 valence electrons. The Balaban J connectivity index is 2.73. The van der Waals surface area contributed by atoms with Crippen LogP contribution in [-0.2, 0) is 0 Å². The first-order chi connectivity index (χ1) is 8.04. The van der Waals surface area contributed by atoms with Crippen LogP contribution in [0, 0.1) is 5.92 Å². The summed E-state index contributed by atoms with van der Waals surface area (Å²) in [6, 6.07) is 4.86. The van der Waals surface area contributed by atoms with E-state index in [1.54, 1.807) is 23.9 Å². The number of nitrogens with one attached hydrogen (secondary N) is 1. The molecule has 1 unspecified atom stereocenters. The van der Waals surface area contributed by atoms with Crippen molar-refractivity contribution in [3.8, 4) is 0 Å². The first-order valence-corrected chi connectivity index (χ1v) is 7.07. The Morgan fingerprint density at radius 3 is 2.88 bits per heavy atom. The molecule has 1 aromatic rings. The first kappa shape index (κ1) is 14.2. The van der Waals surface area contributed by atoms with E-state index >= 15 is 0 Å². The van der Waals surface area contributed by atoms with Gasteiger partial charge in [-0.05, 0) is 36.1 Å². The molecule has 0 aromatic heterocycles. The highest BCUT2D eigenvalue weighted by Gasteiger charge is 2.11. The topological polar surface area (TPSA) is 49.3 Å². The first-order valence-electron chi connectivity index (χ1n) is 5.30. The van der Waals surface area contributed by atoms with Crippen molar-refractivity contribution in [3.05, 3.63) is 28.8 Å². The van der Waals surface area contributed by atoms with Crippen LogP contribution in [-0.4, -0.2) is 29.6 Å². The van der Waals surface area contributed by atoms with E-state index < -0.39 is 5.97 Å². The Labute approximate surface area is 111 Å². The van der Waals surface area contributed by atoms with Gasteiger partial charge in [0.05, 0.1) is 5.56 Å². The van der Waals surface area contributed by atoms with Gasteiger partial charge < -0.3 is 10.4 Å². The highest BCUT2D eigenvalue weighted by molar-refractivity contribution is 7.98. The second-order valence-electron chi connectivity index (χ2n) is 3.94. The number of rotatable bonds is 6. The van der Waals surface area contributed by atoms with Gasteiger partial charge in [-0.3, -0.25) is 0 Å². The second-order valence-corrected chi connectivity index (χ2v) is 5.28.